The van der Waals surface area contributed by atoms with Crippen molar-refractivity contribution in [2.24, 2.45) is 5.92 Å². The summed E-state index contributed by atoms with van der Waals surface area (Å²) in [4.78, 5) is 11.5. The second kappa shape index (κ2) is 6.89. The van der Waals surface area contributed by atoms with Crippen LogP contribution in [0.2, 0.25) is 0 Å². The Kier molecular flexibility index (Phi) is 7.16. The first-order valence-corrected chi connectivity index (χ1v) is 7.58. The zero-order valence-electron chi connectivity index (χ0n) is 8.33. The summed E-state index contributed by atoms with van der Waals surface area (Å²) in [6.45, 7) is 7.69. The SMILES string of the molecule is CC(C)OC(=O)[C@H](NSI)C(C)C. The Labute approximate surface area is 96.1 Å². The van der Waals surface area contributed by atoms with E-state index in [4.69, 9.17) is 4.74 Å². The second-order valence-electron chi connectivity index (χ2n) is 3.40. The largest absolute Gasteiger partial charge is 0.462 e. The van der Waals surface area contributed by atoms with Gasteiger partial charge in [-0.3, -0.25) is 4.79 Å². The zero-order chi connectivity index (χ0) is 10.4. The molecule has 0 amide bonds. The third-order valence-corrected chi connectivity index (χ3v) is 2.55. The Hall–Kier alpha value is 0.510. The molecule has 0 aliphatic heterocycles. The fraction of sp³-hybridized carbons (Fsp3) is 0.875. The highest BCUT2D eigenvalue weighted by molar-refractivity contribution is 14.2. The maximum Gasteiger partial charge on any atom is 0.324 e. The van der Waals surface area contributed by atoms with E-state index >= 15 is 0 Å². The molecule has 0 heterocycles. The molecule has 0 aliphatic rings. The first-order chi connectivity index (χ1) is 5.99. The summed E-state index contributed by atoms with van der Waals surface area (Å²) < 4.78 is 8.12. The van der Waals surface area contributed by atoms with Crippen LogP contribution in [0, 0.1) is 5.92 Å². The molecule has 0 saturated carbocycles. The van der Waals surface area contributed by atoms with E-state index in [9.17, 15) is 4.79 Å². The summed E-state index contributed by atoms with van der Waals surface area (Å²) in [6, 6.07) is -0.218. The van der Waals surface area contributed by atoms with E-state index in [1.807, 2.05) is 27.7 Å². The Morgan fingerprint density at radius 2 is 1.92 bits per heavy atom. The Bertz CT molecular complexity index is 164. The third-order valence-electron chi connectivity index (χ3n) is 1.44. The van der Waals surface area contributed by atoms with E-state index < -0.39 is 0 Å². The molecule has 0 rings (SSSR count). The summed E-state index contributed by atoms with van der Waals surface area (Å²) in [5.41, 5.74) is 0. The van der Waals surface area contributed by atoms with Gasteiger partial charge in [0, 0.05) is 21.2 Å². The van der Waals surface area contributed by atoms with Gasteiger partial charge in [-0.1, -0.05) is 13.8 Å². The van der Waals surface area contributed by atoms with Crippen LogP contribution in [0.15, 0.2) is 0 Å². The summed E-state index contributed by atoms with van der Waals surface area (Å²) in [5.74, 6) is 0.0719. The summed E-state index contributed by atoms with van der Waals surface area (Å²) in [6.07, 6.45) is -0.0465. The minimum Gasteiger partial charge on any atom is -0.462 e. The second-order valence-corrected chi connectivity index (χ2v) is 5.11. The predicted octanol–water partition coefficient (Wildman–Crippen LogP) is 2.55. The van der Waals surface area contributed by atoms with Gasteiger partial charge in [0.1, 0.15) is 6.04 Å². The van der Waals surface area contributed by atoms with Gasteiger partial charge in [0.2, 0.25) is 0 Å². The molecule has 1 N–H and O–H groups in total. The monoisotopic (exact) mass is 317 g/mol. The lowest BCUT2D eigenvalue weighted by Gasteiger charge is -2.20. The number of carbonyl (C=O) groups is 1. The number of rotatable bonds is 5. The number of carbonyl (C=O) groups excluding carboxylic acids is 1. The predicted molar refractivity (Wildman–Crippen MR) is 64.6 cm³/mol. The molecular weight excluding hydrogens is 301 g/mol. The number of nitrogens with one attached hydrogen (secondary N) is 1. The lowest BCUT2D eigenvalue weighted by Crippen LogP contribution is -2.39. The minimum absolute atomic E-state index is 0.0465. The van der Waals surface area contributed by atoms with E-state index in [-0.39, 0.29) is 24.0 Å². The number of halogens is 1. The Morgan fingerprint density at radius 1 is 1.38 bits per heavy atom. The summed E-state index contributed by atoms with van der Waals surface area (Å²) >= 11 is 2.10. The smallest absolute Gasteiger partial charge is 0.324 e. The van der Waals surface area contributed by atoms with Gasteiger partial charge in [-0.2, -0.15) is 0 Å². The van der Waals surface area contributed by atoms with Crippen molar-refractivity contribution in [2.75, 3.05) is 0 Å². The molecule has 0 radical (unpaired) electrons. The number of ether oxygens (including phenoxy) is 1. The van der Waals surface area contributed by atoms with E-state index in [0.717, 1.165) is 0 Å². The van der Waals surface area contributed by atoms with Gasteiger partial charge in [-0.25, -0.2) is 4.72 Å². The molecule has 1 atom stereocenters. The van der Waals surface area contributed by atoms with E-state index in [2.05, 4.69) is 25.9 Å². The highest BCUT2D eigenvalue weighted by atomic mass is 127. The van der Waals surface area contributed by atoms with Gasteiger partial charge in [0.05, 0.1) is 6.10 Å². The molecule has 13 heavy (non-hydrogen) atoms. The number of esters is 1. The highest BCUT2D eigenvalue weighted by Crippen LogP contribution is 2.13. The van der Waals surface area contributed by atoms with E-state index in [1.54, 1.807) is 0 Å². The molecule has 0 fully saturated rings. The van der Waals surface area contributed by atoms with Gasteiger partial charge in [-0.05, 0) is 28.9 Å². The highest BCUT2D eigenvalue weighted by Gasteiger charge is 2.23. The molecule has 0 saturated heterocycles. The van der Waals surface area contributed by atoms with Crippen molar-refractivity contribution < 1.29 is 9.53 Å². The van der Waals surface area contributed by atoms with Crippen LogP contribution in [0.3, 0.4) is 0 Å². The van der Waals surface area contributed by atoms with Crippen molar-refractivity contribution in [3.8, 4) is 0 Å². The van der Waals surface area contributed by atoms with Crippen molar-refractivity contribution in [3.05, 3.63) is 0 Å². The Morgan fingerprint density at radius 3 is 2.23 bits per heavy atom. The van der Waals surface area contributed by atoms with Crippen LogP contribution in [-0.4, -0.2) is 18.1 Å². The van der Waals surface area contributed by atoms with Crippen LogP contribution < -0.4 is 4.72 Å². The van der Waals surface area contributed by atoms with Crippen molar-refractivity contribution in [1.82, 2.24) is 4.72 Å². The number of hydrogen-bond acceptors (Lipinski definition) is 4. The van der Waals surface area contributed by atoms with Crippen molar-refractivity contribution in [2.45, 2.75) is 39.8 Å². The van der Waals surface area contributed by atoms with Gasteiger partial charge in [0.15, 0.2) is 0 Å². The first kappa shape index (κ1) is 13.5. The van der Waals surface area contributed by atoms with Crippen LogP contribution in [0.5, 0.6) is 0 Å². The molecule has 0 aromatic rings. The zero-order valence-corrected chi connectivity index (χ0v) is 11.3. The van der Waals surface area contributed by atoms with E-state index in [0.29, 0.717) is 0 Å². The normalized spacial score (nSPS) is 13.5. The van der Waals surface area contributed by atoms with Crippen LogP contribution in [0.1, 0.15) is 27.7 Å². The van der Waals surface area contributed by atoms with Gasteiger partial charge in [-0.15, -0.1) is 0 Å². The molecule has 0 aromatic carbocycles. The minimum atomic E-state index is -0.218. The van der Waals surface area contributed by atoms with Crippen molar-refractivity contribution in [3.63, 3.8) is 0 Å². The average Bonchev–Trinajstić information content (AvgIpc) is 1.97. The molecule has 0 aliphatic carbocycles. The van der Waals surface area contributed by atoms with E-state index in [1.165, 1.54) is 9.12 Å². The maximum absolute atomic E-state index is 11.5. The molecule has 0 bridgehead atoms. The van der Waals surface area contributed by atoms with Gasteiger partial charge < -0.3 is 4.74 Å². The molecule has 0 unspecified atom stereocenters. The third kappa shape index (κ3) is 5.74. The molecule has 5 heteroatoms. The van der Waals surface area contributed by atoms with Crippen LogP contribution in [0.25, 0.3) is 0 Å². The standard InChI is InChI=1S/C8H16INO2S/c1-5(2)7(10-13-9)8(11)12-6(3)4/h5-7,10H,1-4H3/t7-/m1/s1. The van der Waals surface area contributed by atoms with Crippen molar-refractivity contribution >= 4 is 36.3 Å². The average molecular weight is 317 g/mol. The fourth-order valence-corrected chi connectivity index (χ4v) is 2.10. The molecule has 0 spiro atoms. The molecule has 78 valence electrons. The maximum atomic E-state index is 11.5. The van der Waals surface area contributed by atoms with Crippen LogP contribution in [0.4, 0.5) is 0 Å². The Balaban J connectivity index is 4.11. The summed E-state index contributed by atoms with van der Waals surface area (Å²) in [5, 5.41) is 0. The summed E-state index contributed by atoms with van der Waals surface area (Å²) in [7, 11) is 1.41. The van der Waals surface area contributed by atoms with Gasteiger partial charge >= 0.3 is 5.97 Å². The lowest BCUT2D eigenvalue weighted by molar-refractivity contribution is -0.150. The topological polar surface area (TPSA) is 38.3 Å². The quantitative estimate of drug-likeness (QED) is 0.480. The lowest BCUT2D eigenvalue weighted by atomic mass is 10.1. The molecular formula is C8H16INO2S. The fourth-order valence-electron chi connectivity index (χ4n) is 0.810. The number of hydrogen-bond donors (Lipinski definition) is 1. The van der Waals surface area contributed by atoms with Crippen LogP contribution in [-0.2, 0) is 9.53 Å². The van der Waals surface area contributed by atoms with Crippen LogP contribution >= 0.6 is 30.3 Å². The molecule has 3 nitrogen and oxygen atoms in total. The van der Waals surface area contributed by atoms with Crippen molar-refractivity contribution in [1.29, 1.82) is 0 Å². The van der Waals surface area contributed by atoms with Gasteiger partial charge in [0.25, 0.3) is 0 Å². The molecule has 0 aromatic heterocycles. The first-order valence-electron chi connectivity index (χ1n) is 4.22.